The average Bonchev–Trinajstić information content (AvgIpc) is 2.91. The fourth-order valence-corrected chi connectivity index (χ4v) is 4.31. The molecule has 1 N–H and O–H groups in total. The predicted octanol–water partition coefficient (Wildman–Crippen LogP) is 0.864. The Morgan fingerprint density at radius 3 is 2.72 bits per heavy atom. The van der Waals surface area contributed by atoms with E-state index in [1.165, 1.54) is 0 Å². The second-order valence-corrected chi connectivity index (χ2v) is 8.10. The Kier molecular flexibility index (Phi) is 6.81. The molecule has 7 nitrogen and oxygen atoms in total. The SMILES string of the molecule is CCOc1ccccc1CCC(=O)OCC(=O)NC1CCS(=O)(=O)C1. The van der Waals surface area contributed by atoms with Gasteiger partial charge < -0.3 is 14.8 Å². The van der Waals surface area contributed by atoms with Gasteiger partial charge in [0.1, 0.15) is 5.75 Å². The van der Waals surface area contributed by atoms with Crippen LogP contribution in [-0.4, -0.2) is 51.1 Å². The highest BCUT2D eigenvalue weighted by Crippen LogP contribution is 2.19. The Labute approximate surface area is 147 Å². The van der Waals surface area contributed by atoms with Crippen molar-refractivity contribution in [2.45, 2.75) is 32.2 Å². The van der Waals surface area contributed by atoms with Crippen molar-refractivity contribution in [1.29, 1.82) is 0 Å². The van der Waals surface area contributed by atoms with Gasteiger partial charge in [-0.2, -0.15) is 0 Å². The van der Waals surface area contributed by atoms with E-state index in [9.17, 15) is 18.0 Å². The second-order valence-electron chi connectivity index (χ2n) is 5.87. The zero-order chi connectivity index (χ0) is 18.3. The number of nitrogens with one attached hydrogen (secondary N) is 1. The number of carbonyl (C=O) groups excluding carboxylic acids is 2. The summed E-state index contributed by atoms with van der Waals surface area (Å²) in [6, 6.07) is 7.06. The van der Waals surface area contributed by atoms with E-state index in [2.05, 4.69) is 5.32 Å². The average molecular weight is 369 g/mol. The molecule has 138 valence electrons. The minimum absolute atomic E-state index is 0.0547. The predicted molar refractivity (Wildman–Crippen MR) is 92.1 cm³/mol. The molecule has 1 aliphatic rings. The van der Waals surface area contributed by atoms with E-state index in [0.717, 1.165) is 11.3 Å². The standard InChI is InChI=1S/C17H23NO6S/c1-2-23-15-6-4-3-5-13(15)7-8-17(20)24-11-16(19)18-14-9-10-25(21,22)12-14/h3-6,14H,2,7-12H2,1H3,(H,18,19). The molecule has 1 aromatic carbocycles. The maximum absolute atomic E-state index is 11.8. The zero-order valence-electron chi connectivity index (χ0n) is 14.2. The van der Waals surface area contributed by atoms with Crippen molar-refractivity contribution in [3.8, 4) is 5.75 Å². The van der Waals surface area contributed by atoms with Gasteiger partial charge >= 0.3 is 5.97 Å². The third-order valence-corrected chi connectivity index (χ3v) is 5.60. The lowest BCUT2D eigenvalue weighted by molar-refractivity contribution is -0.148. The second kappa shape index (κ2) is 8.84. The van der Waals surface area contributed by atoms with E-state index in [1.54, 1.807) is 0 Å². The van der Waals surface area contributed by atoms with Crippen LogP contribution in [0, 0.1) is 0 Å². The van der Waals surface area contributed by atoms with Gasteiger partial charge in [0.05, 0.1) is 18.1 Å². The van der Waals surface area contributed by atoms with Crippen LogP contribution in [0.4, 0.5) is 0 Å². The molecular weight excluding hydrogens is 346 g/mol. The lowest BCUT2D eigenvalue weighted by Crippen LogP contribution is -2.38. The van der Waals surface area contributed by atoms with E-state index in [4.69, 9.17) is 9.47 Å². The summed E-state index contributed by atoms with van der Waals surface area (Å²) < 4.78 is 33.1. The lowest BCUT2D eigenvalue weighted by atomic mass is 10.1. The van der Waals surface area contributed by atoms with Crippen LogP contribution in [0.5, 0.6) is 5.75 Å². The molecule has 0 radical (unpaired) electrons. The molecule has 1 fully saturated rings. The van der Waals surface area contributed by atoms with Gasteiger partial charge in [0.15, 0.2) is 16.4 Å². The Hall–Kier alpha value is -2.09. The highest BCUT2D eigenvalue weighted by Gasteiger charge is 2.29. The molecule has 25 heavy (non-hydrogen) atoms. The van der Waals surface area contributed by atoms with Gasteiger partial charge in [-0.3, -0.25) is 9.59 Å². The first-order chi connectivity index (χ1) is 11.9. The van der Waals surface area contributed by atoms with Crippen molar-refractivity contribution >= 4 is 21.7 Å². The zero-order valence-corrected chi connectivity index (χ0v) is 15.0. The van der Waals surface area contributed by atoms with Gasteiger partial charge in [-0.1, -0.05) is 18.2 Å². The molecule has 1 amide bonds. The smallest absolute Gasteiger partial charge is 0.306 e. The van der Waals surface area contributed by atoms with Gasteiger partial charge in [-0.25, -0.2) is 8.42 Å². The van der Waals surface area contributed by atoms with Gasteiger partial charge in [-0.15, -0.1) is 0 Å². The van der Waals surface area contributed by atoms with Crippen LogP contribution >= 0.6 is 0 Å². The maximum atomic E-state index is 11.8. The van der Waals surface area contributed by atoms with Gasteiger partial charge in [-0.05, 0) is 31.4 Å². The van der Waals surface area contributed by atoms with Crippen molar-refractivity contribution in [2.75, 3.05) is 24.7 Å². The fourth-order valence-electron chi connectivity index (χ4n) is 2.64. The van der Waals surface area contributed by atoms with Crippen molar-refractivity contribution in [2.24, 2.45) is 0 Å². The Balaban J connectivity index is 1.71. The summed E-state index contributed by atoms with van der Waals surface area (Å²) in [6.45, 7) is 2.03. The molecule has 8 heteroatoms. The Morgan fingerprint density at radius 2 is 2.04 bits per heavy atom. The van der Waals surface area contributed by atoms with Crippen LogP contribution < -0.4 is 10.1 Å². The number of benzene rings is 1. The van der Waals surface area contributed by atoms with E-state index in [-0.39, 0.29) is 17.9 Å². The summed E-state index contributed by atoms with van der Waals surface area (Å²) >= 11 is 0. The molecule has 1 aromatic rings. The number of hydrogen-bond acceptors (Lipinski definition) is 6. The number of rotatable bonds is 8. The molecule has 1 unspecified atom stereocenters. The van der Waals surface area contributed by atoms with Crippen molar-refractivity contribution < 1.29 is 27.5 Å². The minimum Gasteiger partial charge on any atom is -0.494 e. The summed E-state index contributed by atoms with van der Waals surface area (Å²) in [5, 5.41) is 2.57. The summed E-state index contributed by atoms with van der Waals surface area (Å²) in [5.74, 6) is -0.207. The van der Waals surface area contributed by atoms with E-state index < -0.39 is 34.4 Å². The van der Waals surface area contributed by atoms with Crippen LogP contribution in [0.3, 0.4) is 0 Å². The molecule has 0 spiro atoms. The molecular formula is C17H23NO6S. The van der Waals surface area contributed by atoms with Crippen LogP contribution in [-0.2, 0) is 30.6 Å². The number of para-hydroxylation sites is 1. The monoisotopic (exact) mass is 369 g/mol. The quantitative estimate of drug-likeness (QED) is 0.683. The van der Waals surface area contributed by atoms with Gasteiger partial charge in [0, 0.05) is 12.5 Å². The third kappa shape index (κ3) is 6.38. The van der Waals surface area contributed by atoms with Crippen LogP contribution in [0.25, 0.3) is 0 Å². The highest BCUT2D eigenvalue weighted by molar-refractivity contribution is 7.91. The number of esters is 1. The van der Waals surface area contributed by atoms with E-state index in [0.29, 0.717) is 19.4 Å². The summed E-state index contributed by atoms with van der Waals surface area (Å²) in [4.78, 5) is 23.5. The molecule has 0 bridgehead atoms. The highest BCUT2D eigenvalue weighted by atomic mass is 32.2. The Bertz CT molecular complexity index is 716. The van der Waals surface area contributed by atoms with Crippen molar-refractivity contribution in [3.05, 3.63) is 29.8 Å². The minimum atomic E-state index is -3.05. The van der Waals surface area contributed by atoms with Crippen molar-refractivity contribution in [3.63, 3.8) is 0 Å². The molecule has 2 rings (SSSR count). The summed E-state index contributed by atoms with van der Waals surface area (Å²) in [7, 11) is -3.05. The lowest BCUT2D eigenvalue weighted by Gasteiger charge is -2.11. The van der Waals surface area contributed by atoms with Gasteiger partial charge in [0.2, 0.25) is 0 Å². The van der Waals surface area contributed by atoms with Crippen LogP contribution in [0.15, 0.2) is 24.3 Å². The van der Waals surface area contributed by atoms with Gasteiger partial charge in [0.25, 0.3) is 5.91 Å². The molecule has 1 heterocycles. The molecule has 1 saturated heterocycles. The molecule has 0 saturated carbocycles. The van der Waals surface area contributed by atoms with Crippen LogP contribution in [0.2, 0.25) is 0 Å². The molecule has 1 atom stereocenters. The summed E-state index contributed by atoms with van der Waals surface area (Å²) in [5.41, 5.74) is 0.905. The molecule has 0 aromatic heterocycles. The molecule has 1 aliphatic heterocycles. The Morgan fingerprint density at radius 1 is 1.28 bits per heavy atom. The molecule has 0 aliphatic carbocycles. The first-order valence-electron chi connectivity index (χ1n) is 8.25. The summed E-state index contributed by atoms with van der Waals surface area (Å²) in [6.07, 6.45) is 0.989. The number of hydrogen-bond donors (Lipinski definition) is 1. The van der Waals surface area contributed by atoms with Crippen LogP contribution in [0.1, 0.15) is 25.3 Å². The number of amides is 1. The first kappa shape index (κ1) is 19.2. The number of aryl methyl sites for hydroxylation is 1. The number of ether oxygens (including phenoxy) is 2. The largest absolute Gasteiger partial charge is 0.494 e. The maximum Gasteiger partial charge on any atom is 0.306 e. The van der Waals surface area contributed by atoms with Crippen molar-refractivity contribution in [1.82, 2.24) is 5.32 Å². The first-order valence-corrected chi connectivity index (χ1v) is 10.1. The number of carbonyl (C=O) groups is 2. The fraction of sp³-hybridized carbons (Fsp3) is 0.529. The number of sulfone groups is 1. The van der Waals surface area contributed by atoms with E-state index >= 15 is 0 Å². The normalized spacial score (nSPS) is 18.5. The topological polar surface area (TPSA) is 98.8 Å². The third-order valence-electron chi connectivity index (χ3n) is 3.83. The van der Waals surface area contributed by atoms with E-state index in [1.807, 2.05) is 31.2 Å².